The zero-order valence-electron chi connectivity index (χ0n) is 10.6. The van der Waals surface area contributed by atoms with Crippen molar-refractivity contribution in [2.45, 2.75) is 46.0 Å². The van der Waals surface area contributed by atoms with Crippen molar-refractivity contribution in [2.24, 2.45) is 0 Å². The Hall–Kier alpha value is -0.0831. The van der Waals surface area contributed by atoms with E-state index >= 15 is 0 Å². The molecule has 0 bridgehead atoms. The summed E-state index contributed by atoms with van der Waals surface area (Å²) in [6.07, 6.45) is 4.53. The summed E-state index contributed by atoms with van der Waals surface area (Å²) in [6.45, 7) is 15.3. The van der Waals surface area contributed by atoms with E-state index in [1.807, 2.05) is 0 Å². The summed E-state index contributed by atoms with van der Waals surface area (Å²) in [5.41, 5.74) is 0. The lowest BCUT2D eigenvalue weighted by Gasteiger charge is -2.25. The van der Waals surface area contributed by atoms with Crippen LogP contribution in [0, 0.1) is 0 Å². The number of allylic oxidation sites excluding steroid dienone is 2. The van der Waals surface area contributed by atoms with Gasteiger partial charge in [0.1, 0.15) is 0 Å². The predicted molar refractivity (Wildman–Crippen MR) is 69.7 cm³/mol. The Balaban J connectivity index is 3.84. The molecule has 0 aromatic carbocycles. The lowest BCUT2D eigenvalue weighted by molar-refractivity contribution is 0.319. The van der Waals surface area contributed by atoms with Crippen molar-refractivity contribution in [3.63, 3.8) is 0 Å². The summed E-state index contributed by atoms with van der Waals surface area (Å²) in [4.78, 5) is 2.53. The Morgan fingerprint density at radius 3 is 2.14 bits per heavy atom. The molecule has 0 saturated carbocycles. The maximum Gasteiger partial charge on any atom is 0.0523 e. The van der Waals surface area contributed by atoms with Crippen LogP contribution in [0.2, 0.25) is 25.2 Å². The Bertz CT molecular complexity index is 160. The van der Waals surface area contributed by atoms with Gasteiger partial charge in [0.2, 0.25) is 0 Å². The quantitative estimate of drug-likeness (QED) is 0.461. The van der Waals surface area contributed by atoms with Gasteiger partial charge in [-0.25, -0.2) is 0 Å². The Kier molecular flexibility index (Phi) is 7.20. The number of rotatable bonds is 7. The molecule has 1 nitrogen and oxygen atoms in total. The van der Waals surface area contributed by atoms with Crippen LogP contribution >= 0.6 is 0 Å². The first kappa shape index (κ1) is 13.9. The highest BCUT2D eigenvalue weighted by Gasteiger charge is 2.19. The first-order chi connectivity index (χ1) is 6.55. The molecule has 0 spiro atoms. The van der Waals surface area contributed by atoms with E-state index in [1.165, 1.54) is 31.7 Å². The second kappa shape index (κ2) is 7.24. The van der Waals surface area contributed by atoms with E-state index in [4.69, 9.17) is 0 Å². The summed E-state index contributed by atoms with van der Waals surface area (Å²) in [6, 6.07) is 2.77. The maximum atomic E-state index is 2.53. The lowest BCUT2D eigenvalue weighted by atomic mass is 10.5. The van der Waals surface area contributed by atoms with Crippen LogP contribution < -0.4 is 0 Å². The van der Waals surface area contributed by atoms with E-state index < -0.39 is 8.07 Å². The van der Waals surface area contributed by atoms with Crippen LogP contribution in [-0.4, -0.2) is 32.6 Å². The molecule has 0 heterocycles. The molecule has 0 saturated heterocycles. The van der Waals surface area contributed by atoms with Crippen LogP contribution in [0.1, 0.15) is 20.8 Å². The molecule has 0 amide bonds. The van der Waals surface area contributed by atoms with E-state index in [2.05, 4.69) is 50.9 Å². The Morgan fingerprint density at radius 1 is 1.14 bits per heavy atom. The van der Waals surface area contributed by atoms with E-state index in [-0.39, 0.29) is 0 Å². The standard InChI is InChI=1S/C12H27NSi/c1-6-9-11-14(4,5)12-10-13(7-2)8-3/h6,9H,7-8,10-12H2,1-5H3/b9-6+. The SMILES string of the molecule is C/C=C/C[Si](C)(C)CCN(CC)CC. The van der Waals surface area contributed by atoms with Gasteiger partial charge in [0, 0.05) is 0 Å². The fourth-order valence-corrected chi connectivity index (χ4v) is 3.54. The van der Waals surface area contributed by atoms with Crippen molar-refractivity contribution in [3.05, 3.63) is 12.2 Å². The monoisotopic (exact) mass is 213 g/mol. The smallest absolute Gasteiger partial charge is 0.0523 e. The van der Waals surface area contributed by atoms with Gasteiger partial charge in [-0.1, -0.05) is 39.1 Å². The zero-order chi connectivity index (χ0) is 11.0. The molecule has 0 unspecified atom stereocenters. The third-order valence-electron chi connectivity index (χ3n) is 2.91. The van der Waals surface area contributed by atoms with Crippen LogP contribution in [0.3, 0.4) is 0 Å². The molecule has 0 aromatic heterocycles. The molecule has 0 radical (unpaired) electrons. The summed E-state index contributed by atoms with van der Waals surface area (Å²) in [5, 5.41) is 0. The molecule has 0 aliphatic heterocycles. The largest absolute Gasteiger partial charge is 0.304 e. The van der Waals surface area contributed by atoms with Crippen molar-refractivity contribution in [1.82, 2.24) is 4.90 Å². The molecular weight excluding hydrogens is 186 g/mol. The summed E-state index contributed by atoms with van der Waals surface area (Å²) >= 11 is 0. The van der Waals surface area contributed by atoms with Crippen molar-refractivity contribution >= 4 is 8.07 Å². The molecular formula is C12H27NSi. The van der Waals surface area contributed by atoms with Crippen LogP contribution in [-0.2, 0) is 0 Å². The summed E-state index contributed by atoms with van der Waals surface area (Å²) < 4.78 is 0. The third kappa shape index (κ3) is 6.38. The molecule has 84 valence electrons. The fraction of sp³-hybridized carbons (Fsp3) is 0.833. The minimum Gasteiger partial charge on any atom is -0.304 e. The minimum absolute atomic E-state index is 0.948. The van der Waals surface area contributed by atoms with Crippen molar-refractivity contribution in [2.75, 3.05) is 19.6 Å². The van der Waals surface area contributed by atoms with Gasteiger partial charge in [0.05, 0.1) is 8.07 Å². The second-order valence-corrected chi connectivity index (χ2v) is 9.95. The van der Waals surface area contributed by atoms with Crippen LogP contribution in [0.15, 0.2) is 12.2 Å². The highest BCUT2D eigenvalue weighted by molar-refractivity contribution is 6.77. The van der Waals surface area contributed by atoms with Gasteiger partial charge in [0.25, 0.3) is 0 Å². The Morgan fingerprint density at radius 2 is 1.71 bits per heavy atom. The fourth-order valence-electron chi connectivity index (χ4n) is 1.54. The van der Waals surface area contributed by atoms with Gasteiger partial charge in [-0.15, -0.1) is 0 Å². The normalized spacial score (nSPS) is 13.0. The van der Waals surface area contributed by atoms with Gasteiger partial charge in [0.15, 0.2) is 0 Å². The van der Waals surface area contributed by atoms with E-state index in [1.54, 1.807) is 0 Å². The maximum absolute atomic E-state index is 2.53. The van der Waals surface area contributed by atoms with Gasteiger partial charge >= 0.3 is 0 Å². The topological polar surface area (TPSA) is 3.24 Å². The zero-order valence-corrected chi connectivity index (χ0v) is 11.6. The molecule has 0 aliphatic carbocycles. The third-order valence-corrected chi connectivity index (χ3v) is 5.82. The van der Waals surface area contributed by atoms with E-state index in [9.17, 15) is 0 Å². The summed E-state index contributed by atoms with van der Waals surface area (Å²) in [5.74, 6) is 0. The predicted octanol–water partition coefficient (Wildman–Crippen LogP) is 3.61. The summed E-state index contributed by atoms with van der Waals surface area (Å²) in [7, 11) is -0.948. The first-order valence-electron chi connectivity index (χ1n) is 5.89. The average Bonchev–Trinajstić information content (AvgIpc) is 2.16. The molecule has 0 atom stereocenters. The molecule has 0 N–H and O–H groups in total. The number of hydrogen-bond acceptors (Lipinski definition) is 1. The highest BCUT2D eigenvalue weighted by atomic mass is 28.3. The minimum atomic E-state index is -0.948. The van der Waals surface area contributed by atoms with Crippen molar-refractivity contribution < 1.29 is 0 Å². The highest BCUT2D eigenvalue weighted by Crippen LogP contribution is 2.16. The molecule has 0 rings (SSSR count). The first-order valence-corrected chi connectivity index (χ1v) is 9.30. The number of nitrogens with zero attached hydrogens (tertiary/aromatic N) is 1. The van der Waals surface area contributed by atoms with Crippen molar-refractivity contribution in [1.29, 1.82) is 0 Å². The molecule has 14 heavy (non-hydrogen) atoms. The van der Waals surface area contributed by atoms with Gasteiger partial charge in [-0.05, 0) is 38.6 Å². The lowest BCUT2D eigenvalue weighted by Crippen LogP contribution is -2.32. The number of hydrogen-bond donors (Lipinski definition) is 0. The van der Waals surface area contributed by atoms with Gasteiger partial charge < -0.3 is 4.90 Å². The molecule has 2 heteroatoms. The molecule has 0 fully saturated rings. The van der Waals surface area contributed by atoms with E-state index in [0.29, 0.717) is 0 Å². The van der Waals surface area contributed by atoms with E-state index in [0.717, 1.165) is 0 Å². The average molecular weight is 213 g/mol. The van der Waals surface area contributed by atoms with Crippen LogP contribution in [0.25, 0.3) is 0 Å². The molecule has 0 aliphatic rings. The second-order valence-electron chi connectivity index (χ2n) is 4.71. The molecule has 0 aromatic rings. The Labute approximate surface area is 91.2 Å². The van der Waals surface area contributed by atoms with Gasteiger partial charge in [-0.3, -0.25) is 0 Å². The van der Waals surface area contributed by atoms with Crippen molar-refractivity contribution in [3.8, 4) is 0 Å². The van der Waals surface area contributed by atoms with Gasteiger partial charge in [-0.2, -0.15) is 0 Å². The van der Waals surface area contributed by atoms with Crippen LogP contribution in [0.4, 0.5) is 0 Å². The van der Waals surface area contributed by atoms with Crippen LogP contribution in [0.5, 0.6) is 0 Å².